The van der Waals surface area contributed by atoms with Crippen LogP contribution in [-0.4, -0.2) is 37.6 Å². The number of aryl methyl sites for hydroxylation is 1. The molecule has 0 spiro atoms. The van der Waals surface area contributed by atoms with Crippen LogP contribution in [0.1, 0.15) is 56.0 Å². The first kappa shape index (κ1) is 21.8. The SMILES string of the molecule is CC.CCN(c1ccc(OC)cc1)c1ccc(C(=O)N2CCCCC2)cc1C. The van der Waals surface area contributed by atoms with Gasteiger partial charge in [-0.2, -0.15) is 0 Å². The van der Waals surface area contributed by atoms with Crippen molar-refractivity contribution in [3.63, 3.8) is 0 Å². The second-order valence-corrected chi connectivity index (χ2v) is 6.80. The Morgan fingerprint density at radius 2 is 1.68 bits per heavy atom. The van der Waals surface area contributed by atoms with Crippen LogP contribution < -0.4 is 9.64 Å². The first-order chi connectivity index (χ1) is 13.6. The fraction of sp³-hybridized carbons (Fsp3) is 0.458. The minimum absolute atomic E-state index is 0.159. The van der Waals surface area contributed by atoms with Crippen LogP contribution in [0.15, 0.2) is 42.5 Å². The number of methoxy groups -OCH3 is 1. The number of anilines is 2. The number of carbonyl (C=O) groups excluding carboxylic acids is 1. The summed E-state index contributed by atoms with van der Waals surface area (Å²) in [5.74, 6) is 1.01. The number of nitrogens with zero attached hydrogens (tertiary/aromatic N) is 2. The lowest BCUT2D eigenvalue weighted by atomic mass is 10.0. The first-order valence-corrected chi connectivity index (χ1v) is 10.5. The fourth-order valence-electron chi connectivity index (χ4n) is 3.63. The summed E-state index contributed by atoms with van der Waals surface area (Å²) in [7, 11) is 1.68. The van der Waals surface area contributed by atoms with Crippen LogP contribution in [0.2, 0.25) is 0 Å². The van der Waals surface area contributed by atoms with E-state index in [2.05, 4.69) is 36.9 Å². The van der Waals surface area contributed by atoms with E-state index in [1.54, 1.807) is 7.11 Å². The Morgan fingerprint density at radius 1 is 1.04 bits per heavy atom. The number of hydrogen-bond acceptors (Lipinski definition) is 3. The largest absolute Gasteiger partial charge is 0.497 e. The van der Waals surface area contributed by atoms with Gasteiger partial charge in [0.15, 0.2) is 0 Å². The molecule has 1 saturated heterocycles. The summed E-state index contributed by atoms with van der Waals surface area (Å²) < 4.78 is 5.25. The second kappa shape index (κ2) is 10.7. The second-order valence-electron chi connectivity index (χ2n) is 6.80. The Labute approximate surface area is 170 Å². The van der Waals surface area contributed by atoms with E-state index >= 15 is 0 Å². The number of benzene rings is 2. The lowest BCUT2D eigenvalue weighted by molar-refractivity contribution is 0.0724. The Balaban J connectivity index is 0.00000136. The molecule has 1 amide bonds. The van der Waals surface area contributed by atoms with E-state index in [0.717, 1.165) is 60.7 Å². The van der Waals surface area contributed by atoms with Crippen molar-refractivity contribution in [3.05, 3.63) is 53.6 Å². The molecule has 3 rings (SSSR count). The number of ether oxygens (including phenoxy) is 1. The van der Waals surface area contributed by atoms with E-state index in [9.17, 15) is 4.79 Å². The van der Waals surface area contributed by atoms with Crippen molar-refractivity contribution in [2.24, 2.45) is 0 Å². The summed E-state index contributed by atoms with van der Waals surface area (Å²) in [6, 6.07) is 14.1. The molecule has 1 fully saturated rings. The summed E-state index contributed by atoms with van der Waals surface area (Å²) >= 11 is 0. The van der Waals surface area contributed by atoms with Gasteiger partial charge in [0.05, 0.1) is 7.11 Å². The number of amides is 1. The van der Waals surface area contributed by atoms with E-state index < -0.39 is 0 Å². The van der Waals surface area contributed by atoms with Crippen LogP contribution in [-0.2, 0) is 0 Å². The highest BCUT2D eigenvalue weighted by molar-refractivity contribution is 5.95. The minimum Gasteiger partial charge on any atom is -0.497 e. The van der Waals surface area contributed by atoms with Gasteiger partial charge in [-0.15, -0.1) is 0 Å². The highest BCUT2D eigenvalue weighted by Gasteiger charge is 2.19. The third kappa shape index (κ3) is 5.06. The Kier molecular flexibility index (Phi) is 8.37. The van der Waals surface area contributed by atoms with Crippen molar-refractivity contribution >= 4 is 17.3 Å². The molecule has 1 heterocycles. The van der Waals surface area contributed by atoms with Crippen molar-refractivity contribution in [2.75, 3.05) is 31.6 Å². The molecule has 152 valence electrons. The number of likely N-dealkylation sites (tertiary alicyclic amines) is 1. The molecule has 28 heavy (non-hydrogen) atoms. The van der Waals surface area contributed by atoms with Gasteiger partial charge in [0.25, 0.3) is 5.91 Å². The Hall–Kier alpha value is -2.49. The third-order valence-electron chi connectivity index (χ3n) is 5.08. The molecule has 0 aliphatic carbocycles. The molecule has 0 bridgehead atoms. The molecule has 2 aromatic rings. The van der Waals surface area contributed by atoms with Gasteiger partial charge in [0.1, 0.15) is 5.75 Å². The average Bonchev–Trinajstić information content (AvgIpc) is 2.77. The topological polar surface area (TPSA) is 32.8 Å². The maximum Gasteiger partial charge on any atom is 0.253 e. The lowest BCUT2D eigenvalue weighted by Crippen LogP contribution is -2.35. The van der Waals surface area contributed by atoms with Gasteiger partial charge in [-0.3, -0.25) is 4.79 Å². The van der Waals surface area contributed by atoms with Crippen LogP contribution in [0, 0.1) is 6.92 Å². The van der Waals surface area contributed by atoms with Crippen molar-refractivity contribution in [1.29, 1.82) is 0 Å². The molecular weight excluding hydrogens is 348 g/mol. The molecule has 4 heteroatoms. The molecule has 0 unspecified atom stereocenters. The van der Waals surface area contributed by atoms with Gasteiger partial charge in [-0.1, -0.05) is 13.8 Å². The number of piperidine rings is 1. The molecule has 1 aliphatic heterocycles. The highest BCUT2D eigenvalue weighted by Crippen LogP contribution is 2.30. The van der Waals surface area contributed by atoms with E-state index in [0.29, 0.717) is 0 Å². The molecule has 0 radical (unpaired) electrons. The van der Waals surface area contributed by atoms with E-state index in [1.807, 2.05) is 43.0 Å². The zero-order chi connectivity index (χ0) is 20.5. The minimum atomic E-state index is 0.159. The monoisotopic (exact) mass is 382 g/mol. The van der Waals surface area contributed by atoms with Gasteiger partial charge in [0.2, 0.25) is 0 Å². The molecule has 2 aromatic carbocycles. The molecule has 4 nitrogen and oxygen atoms in total. The number of rotatable bonds is 5. The number of carbonyl (C=O) groups is 1. The summed E-state index contributed by atoms with van der Waals surface area (Å²) in [6.07, 6.45) is 3.46. The molecule has 0 aromatic heterocycles. The van der Waals surface area contributed by atoms with Crippen molar-refractivity contribution < 1.29 is 9.53 Å². The van der Waals surface area contributed by atoms with E-state index in [4.69, 9.17) is 4.74 Å². The highest BCUT2D eigenvalue weighted by atomic mass is 16.5. The van der Waals surface area contributed by atoms with Gasteiger partial charge in [-0.25, -0.2) is 0 Å². The van der Waals surface area contributed by atoms with Gasteiger partial charge >= 0.3 is 0 Å². The van der Waals surface area contributed by atoms with Crippen LogP contribution >= 0.6 is 0 Å². The van der Waals surface area contributed by atoms with Crippen molar-refractivity contribution in [1.82, 2.24) is 4.90 Å². The van der Waals surface area contributed by atoms with E-state index in [1.165, 1.54) is 6.42 Å². The number of hydrogen-bond donors (Lipinski definition) is 0. The fourth-order valence-corrected chi connectivity index (χ4v) is 3.63. The maximum atomic E-state index is 12.7. The van der Waals surface area contributed by atoms with Gasteiger partial charge in [0, 0.05) is 36.6 Å². The average molecular weight is 383 g/mol. The summed E-state index contributed by atoms with van der Waals surface area (Å²) in [5.41, 5.74) is 4.16. The molecular formula is C24H34N2O2. The van der Waals surface area contributed by atoms with E-state index in [-0.39, 0.29) is 5.91 Å². The van der Waals surface area contributed by atoms with Gasteiger partial charge in [-0.05, 0) is 81.1 Å². The predicted molar refractivity (Wildman–Crippen MR) is 118 cm³/mol. The molecule has 0 saturated carbocycles. The standard InChI is InChI=1S/C22H28N2O2.C2H6/c1-4-24(19-9-11-20(26-3)12-10-19)21-13-8-18(16-17(21)2)22(25)23-14-6-5-7-15-23;1-2/h8-13,16H,4-7,14-15H2,1-3H3;1-2H3. The van der Waals surface area contributed by atoms with Crippen molar-refractivity contribution in [3.8, 4) is 5.75 Å². The van der Waals surface area contributed by atoms with Crippen LogP contribution in [0.4, 0.5) is 11.4 Å². The molecule has 1 aliphatic rings. The Bertz CT molecular complexity index is 750. The normalized spacial score (nSPS) is 13.4. The lowest BCUT2D eigenvalue weighted by Gasteiger charge is -2.28. The third-order valence-corrected chi connectivity index (χ3v) is 5.08. The van der Waals surface area contributed by atoms with Crippen LogP contribution in [0.25, 0.3) is 0 Å². The summed E-state index contributed by atoms with van der Waals surface area (Å²) in [5, 5.41) is 0. The van der Waals surface area contributed by atoms with Crippen LogP contribution in [0.5, 0.6) is 5.75 Å². The first-order valence-electron chi connectivity index (χ1n) is 10.5. The molecule has 0 atom stereocenters. The maximum absolute atomic E-state index is 12.7. The summed E-state index contributed by atoms with van der Waals surface area (Å²) in [6.45, 7) is 10.8. The zero-order valence-electron chi connectivity index (χ0n) is 18.0. The van der Waals surface area contributed by atoms with Crippen molar-refractivity contribution in [2.45, 2.75) is 47.0 Å². The molecule has 0 N–H and O–H groups in total. The summed E-state index contributed by atoms with van der Waals surface area (Å²) in [4.78, 5) is 17.0. The quantitative estimate of drug-likeness (QED) is 0.654. The van der Waals surface area contributed by atoms with Gasteiger partial charge < -0.3 is 14.5 Å². The zero-order valence-corrected chi connectivity index (χ0v) is 18.0. The smallest absolute Gasteiger partial charge is 0.253 e. The Morgan fingerprint density at radius 3 is 2.21 bits per heavy atom. The van der Waals surface area contributed by atoms with Crippen LogP contribution in [0.3, 0.4) is 0 Å². The predicted octanol–water partition coefficient (Wildman–Crippen LogP) is 5.81.